The summed E-state index contributed by atoms with van der Waals surface area (Å²) in [5.41, 5.74) is 12.2. The molecule has 1 unspecified atom stereocenters. The van der Waals surface area contributed by atoms with E-state index >= 15 is 0 Å². The van der Waals surface area contributed by atoms with Gasteiger partial charge in [0.25, 0.3) is 11.7 Å². The number of Topliss-reactive ketones (excluding diaryl/α,β-unsaturated/α-hetero) is 1. The molecule has 2 rings (SSSR count). The molecule has 1 aliphatic rings. The summed E-state index contributed by atoms with van der Waals surface area (Å²) in [5, 5.41) is 0. The van der Waals surface area contributed by atoms with Crippen molar-refractivity contribution in [1.29, 1.82) is 0 Å². The number of hydrogen-bond donors (Lipinski definition) is 2. The number of rotatable bonds is 3. The van der Waals surface area contributed by atoms with E-state index in [-0.39, 0.29) is 6.54 Å². The van der Waals surface area contributed by atoms with E-state index in [0.29, 0.717) is 15.7 Å². The maximum atomic E-state index is 11.9. The first-order valence-corrected chi connectivity index (χ1v) is 6.33. The molecule has 0 saturated carbocycles. The first-order chi connectivity index (χ1) is 8.82. The zero-order chi connectivity index (χ0) is 14.3. The van der Waals surface area contributed by atoms with Gasteiger partial charge in [-0.15, -0.1) is 0 Å². The highest BCUT2D eigenvalue weighted by Crippen LogP contribution is 2.34. The summed E-state index contributed by atoms with van der Waals surface area (Å²) in [6, 6.07) is 2.36. The van der Waals surface area contributed by atoms with Gasteiger partial charge >= 0.3 is 0 Å². The first-order valence-electron chi connectivity index (χ1n) is 5.54. The Morgan fingerprint density at radius 3 is 2.63 bits per heavy atom. The van der Waals surface area contributed by atoms with Crippen molar-refractivity contribution in [2.75, 3.05) is 11.4 Å². The van der Waals surface area contributed by atoms with Gasteiger partial charge in [0.2, 0.25) is 5.91 Å². The number of carbonyl (C=O) groups excluding carboxylic acids is 3. The molecule has 0 aromatic heterocycles. The second-order valence-electron chi connectivity index (χ2n) is 4.37. The molecule has 0 radical (unpaired) electrons. The smallest absolute Gasteiger partial charge is 0.299 e. The standard InChI is InChI=1S/C12H12BrN3O3/c1-5-2-6(13)3-7-9(5)16(12(19)10(7)17)4-8(14)11(15)18/h2-3,8H,4,14H2,1H3,(H2,15,18). The predicted octanol–water partition coefficient (Wildman–Crippen LogP) is 0.0994. The van der Waals surface area contributed by atoms with Crippen LogP contribution in [-0.2, 0) is 9.59 Å². The van der Waals surface area contributed by atoms with Crippen LogP contribution in [0.5, 0.6) is 0 Å². The lowest BCUT2D eigenvalue weighted by Crippen LogP contribution is -2.47. The average molecular weight is 326 g/mol. The van der Waals surface area contributed by atoms with E-state index in [4.69, 9.17) is 11.5 Å². The maximum Gasteiger partial charge on any atom is 0.299 e. The van der Waals surface area contributed by atoms with Gasteiger partial charge < -0.3 is 16.4 Å². The summed E-state index contributed by atoms with van der Waals surface area (Å²) < 4.78 is 0.714. The van der Waals surface area contributed by atoms with E-state index in [0.717, 1.165) is 5.56 Å². The van der Waals surface area contributed by atoms with Gasteiger partial charge in [-0.25, -0.2) is 0 Å². The molecule has 0 spiro atoms. The number of benzene rings is 1. The number of anilines is 1. The predicted molar refractivity (Wildman–Crippen MR) is 72.7 cm³/mol. The molecule has 1 aromatic rings. The van der Waals surface area contributed by atoms with Crippen molar-refractivity contribution in [3.63, 3.8) is 0 Å². The highest BCUT2D eigenvalue weighted by Gasteiger charge is 2.38. The van der Waals surface area contributed by atoms with Gasteiger partial charge in [0.15, 0.2) is 0 Å². The minimum absolute atomic E-state index is 0.102. The molecule has 2 amide bonds. The van der Waals surface area contributed by atoms with Crippen LogP contribution in [0.25, 0.3) is 0 Å². The minimum atomic E-state index is -1.01. The molecule has 19 heavy (non-hydrogen) atoms. The Labute approximate surface area is 117 Å². The van der Waals surface area contributed by atoms with Crippen molar-refractivity contribution < 1.29 is 14.4 Å². The molecule has 1 heterocycles. The lowest BCUT2D eigenvalue weighted by atomic mass is 10.1. The molecular weight excluding hydrogens is 314 g/mol. The lowest BCUT2D eigenvalue weighted by molar-refractivity contribution is -0.119. The third-order valence-electron chi connectivity index (χ3n) is 2.96. The normalized spacial score (nSPS) is 15.6. The summed E-state index contributed by atoms with van der Waals surface area (Å²) in [6.45, 7) is 1.67. The fraction of sp³-hybridized carbons (Fsp3) is 0.250. The van der Waals surface area contributed by atoms with E-state index in [9.17, 15) is 14.4 Å². The van der Waals surface area contributed by atoms with Crippen molar-refractivity contribution in [3.8, 4) is 0 Å². The van der Waals surface area contributed by atoms with Crippen LogP contribution in [0.2, 0.25) is 0 Å². The zero-order valence-electron chi connectivity index (χ0n) is 10.1. The van der Waals surface area contributed by atoms with Crippen molar-refractivity contribution in [3.05, 3.63) is 27.7 Å². The molecule has 0 aliphatic carbocycles. The van der Waals surface area contributed by atoms with Crippen LogP contribution < -0.4 is 16.4 Å². The highest BCUT2D eigenvalue weighted by molar-refractivity contribution is 9.10. The summed E-state index contributed by atoms with van der Waals surface area (Å²) >= 11 is 3.28. The summed E-state index contributed by atoms with van der Waals surface area (Å²) in [5.74, 6) is -2.01. The molecule has 0 bridgehead atoms. The molecular formula is C12H12BrN3O3. The largest absolute Gasteiger partial charge is 0.368 e. The van der Waals surface area contributed by atoms with Crippen molar-refractivity contribution in [1.82, 2.24) is 0 Å². The molecule has 6 nitrogen and oxygen atoms in total. The maximum absolute atomic E-state index is 11.9. The number of nitrogens with two attached hydrogens (primary N) is 2. The van der Waals surface area contributed by atoms with E-state index < -0.39 is 23.6 Å². The Morgan fingerprint density at radius 1 is 1.42 bits per heavy atom. The van der Waals surface area contributed by atoms with Gasteiger partial charge in [0, 0.05) is 4.47 Å². The fourth-order valence-electron chi connectivity index (χ4n) is 2.07. The Hall–Kier alpha value is -1.73. The van der Waals surface area contributed by atoms with Crippen LogP contribution in [-0.4, -0.2) is 30.2 Å². The number of carbonyl (C=O) groups is 3. The van der Waals surface area contributed by atoms with E-state index in [1.807, 2.05) is 0 Å². The highest BCUT2D eigenvalue weighted by atomic mass is 79.9. The Bertz CT molecular complexity index is 600. The quantitative estimate of drug-likeness (QED) is 0.768. The van der Waals surface area contributed by atoms with Crippen LogP contribution in [0.15, 0.2) is 16.6 Å². The number of primary amides is 1. The van der Waals surface area contributed by atoms with Crippen molar-refractivity contribution in [2.24, 2.45) is 11.5 Å². The minimum Gasteiger partial charge on any atom is -0.368 e. The van der Waals surface area contributed by atoms with Crippen LogP contribution in [0.3, 0.4) is 0 Å². The van der Waals surface area contributed by atoms with Crippen molar-refractivity contribution >= 4 is 39.2 Å². The summed E-state index contributed by atoms with van der Waals surface area (Å²) in [7, 11) is 0. The molecule has 1 aliphatic heterocycles. The van der Waals surface area contributed by atoms with Gasteiger partial charge in [-0.3, -0.25) is 14.4 Å². The monoisotopic (exact) mass is 325 g/mol. The van der Waals surface area contributed by atoms with E-state index in [2.05, 4.69) is 15.9 Å². The molecule has 7 heteroatoms. The van der Waals surface area contributed by atoms with Gasteiger partial charge in [-0.1, -0.05) is 15.9 Å². The van der Waals surface area contributed by atoms with Gasteiger partial charge in [-0.05, 0) is 24.6 Å². The van der Waals surface area contributed by atoms with Gasteiger partial charge in [0.05, 0.1) is 17.8 Å². The first kappa shape index (κ1) is 13.7. The summed E-state index contributed by atoms with van der Waals surface area (Å²) in [6.07, 6.45) is 0. The molecule has 100 valence electrons. The third kappa shape index (κ3) is 2.26. The second-order valence-corrected chi connectivity index (χ2v) is 5.29. The second kappa shape index (κ2) is 4.75. The fourth-order valence-corrected chi connectivity index (χ4v) is 2.64. The average Bonchev–Trinajstić information content (AvgIpc) is 2.54. The van der Waals surface area contributed by atoms with Crippen molar-refractivity contribution in [2.45, 2.75) is 13.0 Å². The number of hydrogen-bond acceptors (Lipinski definition) is 4. The molecule has 0 fully saturated rings. The van der Waals surface area contributed by atoms with Gasteiger partial charge in [0.1, 0.15) is 6.04 Å². The Kier molecular flexibility index (Phi) is 3.42. The SMILES string of the molecule is Cc1cc(Br)cc2c1N(CC(N)C(N)=O)C(=O)C2=O. The van der Waals surface area contributed by atoms with Crippen LogP contribution in [0, 0.1) is 6.92 Å². The number of ketones is 1. The van der Waals surface area contributed by atoms with Crippen LogP contribution in [0.4, 0.5) is 5.69 Å². The Morgan fingerprint density at radius 2 is 2.05 bits per heavy atom. The van der Waals surface area contributed by atoms with E-state index in [1.54, 1.807) is 19.1 Å². The number of aryl methyl sites for hydroxylation is 1. The Balaban J connectivity index is 2.47. The topological polar surface area (TPSA) is 106 Å². The molecule has 1 aromatic carbocycles. The number of halogens is 1. The zero-order valence-corrected chi connectivity index (χ0v) is 11.7. The van der Waals surface area contributed by atoms with Crippen LogP contribution >= 0.6 is 15.9 Å². The molecule has 4 N–H and O–H groups in total. The molecule has 0 saturated heterocycles. The number of amides is 2. The van der Waals surface area contributed by atoms with Crippen LogP contribution in [0.1, 0.15) is 15.9 Å². The van der Waals surface area contributed by atoms with Gasteiger partial charge in [-0.2, -0.15) is 0 Å². The third-order valence-corrected chi connectivity index (χ3v) is 3.42. The van der Waals surface area contributed by atoms with E-state index in [1.165, 1.54) is 4.90 Å². The number of fused-ring (bicyclic) bond motifs is 1. The summed E-state index contributed by atoms with van der Waals surface area (Å²) in [4.78, 5) is 36.0. The lowest BCUT2D eigenvalue weighted by Gasteiger charge is -2.21. The number of nitrogens with zero attached hydrogens (tertiary/aromatic N) is 1. The molecule has 1 atom stereocenters.